The number of aromatic nitrogens is 2. The molecule has 0 aliphatic carbocycles. The highest BCUT2D eigenvalue weighted by atomic mass is 32.2. The number of fused-ring (bicyclic) bond motifs is 1. The number of amides is 1. The minimum Gasteiger partial charge on any atom is -0.366 e. The van der Waals surface area contributed by atoms with Crippen LogP contribution in [-0.4, -0.2) is 24.3 Å². The molecule has 0 fully saturated rings. The third-order valence-electron chi connectivity index (χ3n) is 4.69. The van der Waals surface area contributed by atoms with Gasteiger partial charge in [0.1, 0.15) is 5.65 Å². The van der Waals surface area contributed by atoms with Crippen LogP contribution < -0.4 is 10.5 Å². The number of aromatic amines is 1. The molecule has 156 valence electrons. The summed E-state index contributed by atoms with van der Waals surface area (Å²) in [7, 11) is -3.62. The predicted molar refractivity (Wildman–Crippen MR) is 122 cm³/mol. The number of pyridine rings is 1. The molecule has 0 atom stereocenters. The molecule has 0 saturated carbocycles. The lowest BCUT2D eigenvalue weighted by Crippen LogP contribution is -2.15. The van der Waals surface area contributed by atoms with Crippen molar-refractivity contribution >= 4 is 44.3 Å². The van der Waals surface area contributed by atoms with Crippen molar-refractivity contribution in [2.75, 3.05) is 4.72 Å². The summed E-state index contributed by atoms with van der Waals surface area (Å²) in [6.45, 7) is 0. The Morgan fingerprint density at radius 3 is 2.42 bits per heavy atom. The molecule has 1 amide bonds. The summed E-state index contributed by atoms with van der Waals surface area (Å²) in [6.07, 6.45) is 4.81. The lowest BCUT2D eigenvalue weighted by Gasteiger charge is -2.08. The normalized spacial score (nSPS) is 12.1. The number of anilines is 1. The van der Waals surface area contributed by atoms with Crippen molar-refractivity contribution in [1.29, 1.82) is 0 Å². The van der Waals surface area contributed by atoms with Gasteiger partial charge in [0.05, 0.1) is 17.6 Å². The molecule has 7 nitrogen and oxygen atoms in total. The number of primary amides is 1. The van der Waals surface area contributed by atoms with E-state index < -0.39 is 15.9 Å². The average molecular weight is 433 g/mol. The molecule has 2 aromatic heterocycles. The number of nitrogens with one attached hydrogen (secondary N) is 2. The second-order valence-electron chi connectivity index (χ2n) is 7.00. The van der Waals surface area contributed by atoms with Gasteiger partial charge < -0.3 is 10.7 Å². The predicted octanol–water partition coefficient (Wildman–Crippen LogP) is 3.53. The zero-order valence-corrected chi connectivity index (χ0v) is 17.3. The number of hydrogen-bond acceptors (Lipinski definition) is 4. The third kappa shape index (κ3) is 4.81. The monoisotopic (exact) mass is 432 g/mol. The molecule has 2 aromatic carbocycles. The Hall–Kier alpha value is -3.91. The highest BCUT2D eigenvalue weighted by Gasteiger charge is 2.14. The molecule has 0 aliphatic heterocycles. The smallest absolute Gasteiger partial charge is 0.249 e. The first-order valence-corrected chi connectivity index (χ1v) is 11.1. The number of nitrogens with two attached hydrogens (primary N) is 1. The Bertz CT molecular complexity index is 1360. The lowest BCUT2D eigenvalue weighted by molar-refractivity contribution is -0.112. The molecule has 0 spiro atoms. The van der Waals surface area contributed by atoms with Crippen molar-refractivity contribution in [1.82, 2.24) is 9.97 Å². The minimum atomic E-state index is -3.62. The molecule has 31 heavy (non-hydrogen) atoms. The topological polar surface area (TPSA) is 118 Å². The molecule has 0 aliphatic rings. The molecule has 2 heterocycles. The Morgan fingerprint density at radius 1 is 1.06 bits per heavy atom. The van der Waals surface area contributed by atoms with Gasteiger partial charge in [0.2, 0.25) is 15.9 Å². The van der Waals surface area contributed by atoms with Crippen molar-refractivity contribution in [3.05, 3.63) is 95.8 Å². The number of sulfonamides is 1. The van der Waals surface area contributed by atoms with E-state index in [9.17, 15) is 13.2 Å². The number of carbonyl (C=O) groups excluding carboxylic acids is 1. The van der Waals surface area contributed by atoms with Gasteiger partial charge in [0.25, 0.3) is 0 Å². The Balaban J connectivity index is 1.67. The van der Waals surface area contributed by atoms with Gasteiger partial charge in [0, 0.05) is 22.7 Å². The van der Waals surface area contributed by atoms with E-state index in [0.29, 0.717) is 39.0 Å². The van der Waals surface area contributed by atoms with Crippen LogP contribution in [-0.2, 0) is 20.6 Å². The van der Waals surface area contributed by atoms with Crippen molar-refractivity contribution in [3.8, 4) is 0 Å². The van der Waals surface area contributed by atoms with Gasteiger partial charge in [-0.3, -0.25) is 9.52 Å². The van der Waals surface area contributed by atoms with Gasteiger partial charge in [-0.15, -0.1) is 0 Å². The van der Waals surface area contributed by atoms with E-state index in [-0.39, 0.29) is 5.75 Å². The average Bonchev–Trinajstić information content (AvgIpc) is 3.14. The van der Waals surface area contributed by atoms with Gasteiger partial charge in [-0.1, -0.05) is 60.7 Å². The Morgan fingerprint density at radius 2 is 1.74 bits per heavy atom. The van der Waals surface area contributed by atoms with Gasteiger partial charge in [-0.05, 0) is 23.3 Å². The first-order valence-electron chi connectivity index (χ1n) is 9.50. The molecule has 0 unspecified atom stereocenters. The fraction of sp³-hybridized carbons (Fsp3) is 0.0435. The zero-order chi connectivity index (χ0) is 21.8. The summed E-state index contributed by atoms with van der Waals surface area (Å²) in [5.41, 5.74) is 8.88. The van der Waals surface area contributed by atoms with Crippen molar-refractivity contribution in [2.45, 2.75) is 5.75 Å². The number of H-pyrrole nitrogens is 1. The van der Waals surface area contributed by atoms with Gasteiger partial charge in [-0.2, -0.15) is 0 Å². The summed E-state index contributed by atoms with van der Waals surface area (Å²) in [5, 5.41) is 0.662. The molecule has 8 heteroatoms. The van der Waals surface area contributed by atoms with Crippen LogP contribution in [0.4, 0.5) is 5.69 Å². The highest BCUT2D eigenvalue weighted by molar-refractivity contribution is 7.91. The summed E-state index contributed by atoms with van der Waals surface area (Å²) in [6, 6.07) is 19.7. The van der Waals surface area contributed by atoms with Crippen LogP contribution in [0.3, 0.4) is 0 Å². The molecular formula is C23H20N4O3S. The summed E-state index contributed by atoms with van der Waals surface area (Å²) >= 11 is 0. The van der Waals surface area contributed by atoms with Gasteiger partial charge in [-0.25, -0.2) is 13.4 Å². The number of benzene rings is 2. The van der Waals surface area contributed by atoms with E-state index in [0.717, 1.165) is 0 Å². The van der Waals surface area contributed by atoms with Crippen LogP contribution in [0.5, 0.6) is 0 Å². The maximum absolute atomic E-state index is 12.6. The molecule has 0 bridgehead atoms. The molecular weight excluding hydrogens is 412 g/mol. The van der Waals surface area contributed by atoms with Crippen LogP contribution in [0.25, 0.3) is 22.7 Å². The van der Waals surface area contributed by atoms with E-state index in [1.54, 1.807) is 54.7 Å². The number of hydrogen-bond donors (Lipinski definition) is 3. The van der Waals surface area contributed by atoms with Crippen LogP contribution in [0.1, 0.15) is 16.7 Å². The van der Waals surface area contributed by atoms with Crippen molar-refractivity contribution < 1.29 is 13.2 Å². The quantitative estimate of drug-likeness (QED) is 0.387. The van der Waals surface area contributed by atoms with Crippen LogP contribution in [0.15, 0.2) is 79.1 Å². The fourth-order valence-corrected chi connectivity index (χ4v) is 4.45. The van der Waals surface area contributed by atoms with E-state index in [1.807, 2.05) is 24.3 Å². The Labute approximate surface area is 179 Å². The first-order chi connectivity index (χ1) is 14.9. The number of nitrogens with zero attached hydrogens (tertiary/aromatic N) is 1. The molecule has 4 N–H and O–H groups in total. The lowest BCUT2D eigenvalue weighted by atomic mass is 10.0. The van der Waals surface area contributed by atoms with E-state index in [4.69, 9.17) is 5.73 Å². The third-order valence-corrected chi connectivity index (χ3v) is 5.95. The highest BCUT2D eigenvalue weighted by Crippen LogP contribution is 2.26. The summed E-state index contributed by atoms with van der Waals surface area (Å²) in [5.74, 6) is -0.709. The van der Waals surface area contributed by atoms with Crippen LogP contribution >= 0.6 is 0 Å². The van der Waals surface area contributed by atoms with Crippen molar-refractivity contribution in [3.63, 3.8) is 0 Å². The van der Waals surface area contributed by atoms with E-state index in [2.05, 4.69) is 14.7 Å². The maximum Gasteiger partial charge on any atom is 0.249 e. The Kier molecular flexibility index (Phi) is 5.55. The summed E-state index contributed by atoms with van der Waals surface area (Å²) in [4.78, 5) is 19.3. The molecule has 4 aromatic rings. The SMILES string of the molecule is NC(=O)/C(=C/c1c[nH]c2ncc(NS(=O)(=O)Cc3ccccc3)cc12)c1ccccc1. The van der Waals surface area contributed by atoms with Crippen molar-refractivity contribution in [2.24, 2.45) is 5.73 Å². The second-order valence-corrected chi connectivity index (χ2v) is 8.72. The number of carbonyl (C=O) groups is 1. The summed E-state index contributed by atoms with van der Waals surface area (Å²) < 4.78 is 27.7. The van der Waals surface area contributed by atoms with Gasteiger partial charge in [0.15, 0.2) is 0 Å². The second kappa shape index (κ2) is 8.45. The molecule has 4 rings (SSSR count). The standard InChI is InChI=1S/C23H20N4O3S/c24-22(28)20(17-9-5-2-6-10-17)11-18-13-25-23-21(18)12-19(14-26-23)27-31(29,30)15-16-7-3-1-4-8-16/h1-14,27H,15H2,(H2,24,28)(H,25,26)/b20-11+. The maximum atomic E-state index is 12.6. The minimum absolute atomic E-state index is 0.147. The van der Waals surface area contributed by atoms with Crippen LogP contribution in [0.2, 0.25) is 0 Å². The number of rotatable bonds is 7. The molecule has 0 radical (unpaired) electrons. The fourth-order valence-electron chi connectivity index (χ4n) is 3.28. The zero-order valence-electron chi connectivity index (χ0n) is 16.4. The largest absolute Gasteiger partial charge is 0.366 e. The van der Waals surface area contributed by atoms with Gasteiger partial charge >= 0.3 is 0 Å². The molecule has 0 saturated heterocycles. The van der Waals surface area contributed by atoms with E-state index >= 15 is 0 Å². The van der Waals surface area contributed by atoms with Crippen LogP contribution in [0, 0.1) is 0 Å². The first kappa shape index (κ1) is 20.4. The van der Waals surface area contributed by atoms with E-state index in [1.165, 1.54) is 6.20 Å².